The normalized spacial score (nSPS) is 9.86. The van der Waals surface area contributed by atoms with E-state index >= 15 is 0 Å². The zero-order chi connectivity index (χ0) is 15.8. The van der Waals surface area contributed by atoms with Crippen molar-refractivity contribution in [3.63, 3.8) is 0 Å². The Labute approximate surface area is 134 Å². The van der Waals surface area contributed by atoms with Gasteiger partial charge in [-0.3, -0.25) is 15.1 Å². The number of aromatic nitrogens is 1. The number of benzene rings is 1. The van der Waals surface area contributed by atoms with Crippen molar-refractivity contribution in [1.82, 2.24) is 15.6 Å². The van der Waals surface area contributed by atoms with Crippen LogP contribution >= 0.6 is 12.2 Å². The number of pyridine rings is 1. The van der Waals surface area contributed by atoms with E-state index in [1.165, 1.54) is 6.20 Å². The van der Waals surface area contributed by atoms with Gasteiger partial charge in [-0.05, 0) is 49.0 Å². The van der Waals surface area contributed by atoms with Gasteiger partial charge in [0, 0.05) is 12.4 Å². The fraction of sp³-hybridized carbons (Fsp3) is 0.188. The zero-order valence-electron chi connectivity index (χ0n) is 12.2. The fourth-order valence-corrected chi connectivity index (χ4v) is 1.95. The molecule has 2 aromatic rings. The van der Waals surface area contributed by atoms with Crippen LogP contribution in [0.5, 0.6) is 5.75 Å². The molecule has 0 aliphatic heterocycles. The van der Waals surface area contributed by atoms with E-state index in [2.05, 4.69) is 15.6 Å². The summed E-state index contributed by atoms with van der Waals surface area (Å²) in [4.78, 5) is 15.7. The molecule has 0 spiro atoms. The maximum atomic E-state index is 11.8. The lowest BCUT2D eigenvalue weighted by atomic mass is 10.2. The van der Waals surface area contributed by atoms with Gasteiger partial charge in [0.2, 0.25) is 0 Å². The minimum atomic E-state index is -0.287. The Kier molecular flexibility index (Phi) is 5.85. The summed E-state index contributed by atoms with van der Waals surface area (Å²) in [6.07, 6.45) is 3.09. The van der Waals surface area contributed by atoms with Gasteiger partial charge in [0.05, 0.1) is 12.1 Å². The molecule has 1 aromatic carbocycles. The van der Waals surface area contributed by atoms with Crippen molar-refractivity contribution in [3.05, 3.63) is 59.9 Å². The molecule has 1 aromatic heterocycles. The summed E-state index contributed by atoms with van der Waals surface area (Å²) in [5.74, 6) is 0.525. The van der Waals surface area contributed by atoms with Crippen molar-refractivity contribution in [2.45, 2.75) is 6.92 Å². The molecule has 1 heterocycles. The van der Waals surface area contributed by atoms with Crippen molar-refractivity contribution in [1.29, 1.82) is 0 Å². The number of nitrogens with one attached hydrogen (secondary N) is 2. The van der Waals surface area contributed by atoms with E-state index in [0.29, 0.717) is 18.7 Å². The van der Waals surface area contributed by atoms with Crippen LogP contribution < -0.4 is 15.4 Å². The Hall–Kier alpha value is -2.47. The maximum absolute atomic E-state index is 11.8. The summed E-state index contributed by atoms with van der Waals surface area (Å²) >= 11 is 5.06. The third-order valence-corrected chi connectivity index (χ3v) is 3.04. The molecule has 0 aliphatic carbocycles. The molecule has 0 saturated heterocycles. The zero-order valence-corrected chi connectivity index (χ0v) is 13.0. The van der Waals surface area contributed by atoms with E-state index in [1.807, 2.05) is 31.2 Å². The van der Waals surface area contributed by atoms with E-state index in [1.54, 1.807) is 18.3 Å². The van der Waals surface area contributed by atoms with E-state index < -0.39 is 0 Å². The molecule has 1 amide bonds. The first-order valence-corrected chi connectivity index (χ1v) is 7.24. The second-order valence-electron chi connectivity index (χ2n) is 4.62. The number of amides is 1. The standard InChI is InChI=1S/C16H17N3O2S/c1-12-4-2-6-14(10-12)21-9-8-18-16(22)19-15(20)13-5-3-7-17-11-13/h2-7,10-11H,8-9H2,1H3,(H2,18,19,20,22). The highest BCUT2D eigenvalue weighted by Gasteiger charge is 2.06. The van der Waals surface area contributed by atoms with Gasteiger partial charge in [0.15, 0.2) is 5.11 Å². The molecule has 0 radical (unpaired) electrons. The predicted molar refractivity (Wildman–Crippen MR) is 89.0 cm³/mol. The molecule has 0 unspecified atom stereocenters. The van der Waals surface area contributed by atoms with Gasteiger partial charge in [-0.25, -0.2) is 0 Å². The average molecular weight is 315 g/mol. The number of ether oxygens (including phenoxy) is 1. The van der Waals surface area contributed by atoms with E-state index in [-0.39, 0.29) is 11.0 Å². The highest BCUT2D eigenvalue weighted by atomic mass is 32.1. The highest BCUT2D eigenvalue weighted by Crippen LogP contribution is 2.11. The third kappa shape index (κ3) is 5.14. The largest absolute Gasteiger partial charge is 0.492 e. The van der Waals surface area contributed by atoms with Crippen molar-refractivity contribution >= 4 is 23.2 Å². The molecule has 5 nitrogen and oxygen atoms in total. The molecular weight excluding hydrogens is 298 g/mol. The summed E-state index contributed by atoms with van der Waals surface area (Å²) in [5.41, 5.74) is 1.60. The SMILES string of the molecule is Cc1cccc(OCCNC(=S)NC(=O)c2cccnc2)c1. The Balaban J connectivity index is 1.69. The van der Waals surface area contributed by atoms with Crippen LogP contribution in [0.3, 0.4) is 0 Å². The summed E-state index contributed by atoms with van der Waals surface area (Å²) < 4.78 is 5.58. The highest BCUT2D eigenvalue weighted by molar-refractivity contribution is 7.80. The van der Waals surface area contributed by atoms with E-state index in [4.69, 9.17) is 17.0 Å². The summed E-state index contributed by atoms with van der Waals surface area (Å²) in [6.45, 7) is 2.96. The minimum Gasteiger partial charge on any atom is -0.492 e. The van der Waals surface area contributed by atoms with Crippen LogP contribution in [-0.4, -0.2) is 29.2 Å². The monoisotopic (exact) mass is 315 g/mol. The quantitative estimate of drug-likeness (QED) is 0.653. The van der Waals surface area contributed by atoms with Crippen molar-refractivity contribution in [2.24, 2.45) is 0 Å². The fourth-order valence-electron chi connectivity index (χ4n) is 1.76. The van der Waals surface area contributed by atoms with Crippen LogP contribution in [0.25, 0.3) is 0 Å². The molecule has 0 atom stereocenters. The number of nitrogens with zero attached hydrogens (tertiary/aromatic N) is 1. The van der Waals surface area contributed by atoms with Gasteiger partial charge < -0.3 is 10.1 Å². The van der Waals surface area contributed by atoms with Crippen molar-refractivity contribution in [2.75, 3.05) is 13.2 Å². The smallest absolute Gasteiger partial charge is 0.258 e. The number of carbonyl (C=O) groups is 1. The topological polar surface area (TPSA) is 63.2 Å². The predicted octanol–water partition coefficient (Wildman–Crippen LogP) is 2.07. The molecule has 6 heteroatoms. The number of hydrogen-bond acceptors (Lipinski definition) is 4. The summed E-state index contributed by atoms with van der Waals surface area (Å²) in [5, 5.41) is 5.78. The van der Waals surface area contributed by atoms with Crippen molar-refractivity contribution in [3.8, 4) is 5.75 Å². The van der Waals surface area contributed by atoms with E-state index in [9.17, 15) is 4.79 Å². The molecule has 0 aliphatic rings. The number of thiocarbonyl (C=S) groups is 1. The minimum absolute atomic E-state index is 0.265. The lowest BCUT2D eigenvalue weighted by Crippen LogP contribution is -2.40. The lowest BCUT2D eigenvalue weighted by Gasteiger charge is -2.10. The Morgan fingerprint density at radius 3 is 2.91 bits per heavy atom. The van der Waals surface area contributed by atoms with Crippen LogP contribution in [0.2, 0.25) is 0 Å². The van der Waals surface area contributed by atoms with Crippen LogP contribution in [-0.2, 0) is 0 Å². The lowest BCUT2D eigenvalue weighted by molar-refractivity contribution is 0.0976. The molecule has 22 heavy (non-hydrogen) atoms. The second-order valence-corrected chi connectivity index (χ2v) is 5.02. The molecule has 2 N–H and O–H groups in total. The first kappa shape index (κ1) is 15.9. The van der Waals surface area contributed by atoms with Crippen LogP contribution in [0.1, 0.15) is 15.9 Å². The summed E-state index contributed by atoms with van der Waals surface area (Å²) in [6, 6.07) is 11.2. The van der Waals surface area contributed by atoms with Gasteiger partial charge >= 0.3 is 0 Å². The molecular formula is C16H17N3O2S. The van der Waals surface area contributed by atoms with Gasteiger partial charge in [-0.1, -0.05) is 12.1 Å². The molecule has 0 bridgehead atoms. The number of carbonyl (C=O) groups excluding carboxylic acids is 1. The maximum Gasteiger partial charge on any atom is 0.258 e. The van der Waals surface area contributed by atoms with Crippen molar-refractivity contribution < 1.29 is 9.53 Å². The van der Waals surface area contributed by atoms with Crippen LogP contribution in [0.4, 0.5) is 0 Å². The Morgan fingerprint density at radius 2 is 2.18 bits per heavy atom. The van der Waals surface area contributed by atoms with Gasteiger partial charge in [-0.15, -0.1) is 0 Å². The average Bonchev–Trinajstić information content (AvgIpc) is 2.52. The van der Waals surface area contributed by atoms with Gasteiger partial charge in [0.1, 0.15) is 12.4 Å². The van der Waals surface area contributed by atoms with Crippen LogP contribution in [0, 0.1) is 6.92 Å². The third-order valence-electron chi connectivity index (χ3n) is 2.80. The first-order chi connectivity index (χ1) is 10.6. The van der Waals surface area contributed by atoms with Gasteiger partial charge in [0.25, 0.3) is 5.91 Å². The summed E-state index contributed by atoms with van der Waals surface area (Å²) in [7, 11) is 0. The molecule has 0 fully saturated rings. The first-order valence-electron chi connectivity index (χ1n) is 6.84. The number of hydrogen-bond donors (Lipinski definition) is 2. The molecule has 114 valence electrons. The Morgan fingerprint density at radius 1 is 1.32 bits per heavy atom. The number of rotatable bonds is 5. The molecule has 2 rings (SSSR count). The van der Waals surface area contributed by atoms with E-state index in [0.717, 1.165) is 11.3 Å². The second kappa shape index (κ2) is 8.09. The molecule has 0 saturated carbocycles. The van der Waals surface area contributed by atoms with Crippen LogP contribution in [0.15, 0.2) is 48.8 Å². The Bertz CT molecular complexity index is 647. The number of aryl methyl sites for hydroxylation is 1. The van der Waals surface area contributed by atoms with Gasteiger partial charge in [-0.2, -0.15) is 0 Å².